The van der Waals surface area contributed by atoms with Gasteiger partial charge >= 0.3 is 5.97 Å². The molecule has 7 nitrogen and oxygen atoms in total. The summed E-state index contributed by atoms with van der Waals surface area (Å²) in [6, 6.07) is 12.2. The first-order valence-electron chi connectivity index (χ1n) is 8.63. The van der Waals surface area contributed by atoms with E-state index in [1.54, 1.807) is 57.2 Å². The van der Waals surface area contributed by atoms with Gasteiger partial charge in [-0.25, -0.2) is 4.79 Å². The Morgan fingerprint density at radius 1 is 1.15 bits per heavy atom. The molecule has 2 aromatic rings. The van der Waals surface area contributed by atoms with E-state index < -0.39 is 40.7 Å². The Morgan fingerprint density at radius 3 is 2.33 bits per heavy atom. The van der Waals surface area contributed by atoms with Crippen molar-refractivity contribution in [2.24, 2.45) is 5.92 Å². The SMILES string of the molecule is CC(C)(C)OC(=O)C(=O)[C@H](Cc1ccccc1)[C@@H](C[N+](=O)[O-])c1ccco1. The summed E-state index contributed by atoms with van der Waals surface area (Å²) < 4.78 is 10.5. The highest BCUT2D eigenvalue weighted by Crippen LogP contribution is 2.30. The molecule has 1 aromatic carbocycles. The van der Waals surface area contributed by atoms with E-state index in [1.807, 2.05) is 6.07 Å². The largest absolute Gasteiger partial charge is 0.469 e. The third-order valence-electron chi connectivity index (χ3n) is 3.98. The van der Waals surface area contributed by atoms with Gasteiger partial charge in [0, 0.05) is 10.8 Å². The van der Waals surface area contributed by atoms with E-state index in [4.69, 9.17) is 9.15 Å². The van der Waals surface area contributed by atoms with Gasteiger partial charge in [-0.2, -0.15) is 0 Å². The molecule has 0 aliphatic rings. The molecule has 27 heavy (non-hydrogen) atoms. The molecule has 0 unspecified atom stereocenters. The van der Waals surface area contributed by atoms with E-state index in [0.717, 1.165) is 5.56 Å². The normalized spacial score (nSPS) is 13.6. The number of rotatable bonds is 8. The highest BCUT2D eigenvalue weighted by molar-refractivity contribution is 6.34. The fourth-order valence-corrected chi connectivity index (χ4v) is 2.84. The van der Waals surface area contributed by atoms with Crippen LogP contribution in [0.25, 0.3) is 0 Å². The molecule has 2 atom stereocenters. The van der Waals surface area contributed by atoms with Crippen molar-refractivity contribution < 1.29 is 23.7 Å². The molecule has 0 radical (unpaired) electrons. The number of furan rings is 1. The molecule has 0 aliphatic heterocycles. The van der Waals surface area contributed by atoms with Crippen LogP contribution >= 0.6 is 0 Å². The van der Waals surface area contributed by atoms with Crippen molar-refractivity contribution in [3.05, 3.63) is 70.2 Å². The molecule has 0 aliphatic carbocycles. The molecule has 0 saturated heterocycles. The number of ketones is 1. The number of hydrogen-bond donors (Lipinski definition) is 0. The average Bonchev–Trinajstić information content (AvgIpc) is 3.11. The van der Waals surface area contributed by atoms with Crippen LogP contribution < -0.4 is 0 Å². The summed E-state index contributed by atoms with van der Waals surface area (Å²) in [5, 5.41) is 11.2. The Balaban J connectivity index is 2.39. The van der Waals surface area contributed by atoms with Crippen LogP contribution in [-0.2, 0) is 20.7 Å². The van der Waals surface area contributed by atoms with Crippen molar-refractivity contribution in [1.82, 2.24) is 0 Å². The molecule has 1 heterocycles. The third-order valence-corrected chi connectivity index (χ3v) is 3.98. The smallest absolute Gasteiger partial charge is 0.375 e. The van der Waals surface area contributed by atoms with E-state index >= 15 is 0 Å². The van der Waals surface area contributed by atoms with Crippen LogP contribution in [0.15, 0.2) is 53.1 Å². The highest BCUT2D eigenvalue weighted by Gasteiger charge is 2.40. The van der Waals surface area contributed by atoms with Gasteiger partial charge in [0.25, 0.3) is 0 Å². The Labute approximate surface area is 157 Å². The minimum Gasteiger partial charge on any atom is -0.469 e. The van der Waals surface area contributed by atoms with E-state index in [9.17, 15) is 19.7 Å². The van der Waals surface area contributed by atoms with E-state index in [-0.39, 0.29) is 6.42 Å². The van der Waals surface area contributed by atoms with Gasteiger partial charge in [-0.3, -0.25) is 14.9 Å². The van der Waals surface area contributed by atoms with Gasteiger partial charge < -0.3 is 9.15 Å². The topological polar surface area (TPSA) is 99.7 Å². The summed E-state index contributed by atoms with van der Waals surface area (Å²) >= 11 is 0. The standard InChI is InChI=1S/C20H23NO6/c1-20(2,3)27-19(23)18(22)15(12-14-8-5-4-6-9-14)16(13-21(24)25)17-10-7-11-26-17/h4-11,15-16H,12-13H2,1-3H3/t15-,16-/m1/s1. The number of nitro groups is 1. The Morgan fingerprint density at radius 2 is 1.81 bits per heavy atom. The molecule has 0 amide bonds. The number of carbonyl (C=O) groups excluding carboxylic acids is 2. The maximum absolute atomic E-state index is 12.9. The second kappa shape index (κ2) is 8.62. The number of nitrogens with zero attached hydrogens (tertiary/aromatic N) is 1. The highest BCUT2D eigenvalue weighted by atomic mass is 16.6. The van der Waals surface area contributed by atoms with Crippen molar-refractivity contribution in [2.45, 2.75) is 38.7 Å². The second-order valence-electron chi connectivity index (χ2n) is 7.30. The molecule has 0 fully saturated rings. The lowest BCUT2D eigenvalue weighted by atomic mass is 9.82. The van der Waals surface area contributed by atoms with Gasteiger partial charge in [0.2, 0.25) is 12.3 Å². The number of ether oxygens (including phenoxy) is 1. The van der Waals surface area contributed by atoms with Crippen LogP contribution in [0.4, 0.5) is 0 Å². The number of Topliss-reactive ketones (excluding diaryl/α,β-unsaturated/α-hetero) is 1. The molecule has 0 saturated carbocycles. The van der Waals surface area contributed by atoms with Crippen molar-refractivity contribution >= 4 is 11.8 Å². The summed E-state index contributed by atoms with van der Waals surface area (Å²) in [5.74, 6) is -3.35. The summed E-state index contributed by atoms with van der Waals surface area (Å²) in [5.41, 5.74) is -0.0489. The van der Waals surface area contributed by atoms with E-state index in [0.29, 0.717) is 5.76 Å². The number of carbonyl (C=O) groups is 2. The minimum atomic E-state index is -0.997. The molecular formula is C20H23NO6. The predicted octanol–water partition coefficient (Wildman–Crippen LogP) is 3.41. The maximum Gasteiger partial charge on any atom is 0.375 e. The molecule has 2 rings (SSSR count). The van der Waals surface area contributed by atoms with Crippen LogP contribution in [-0.4, -0.2) is 28.8 Å². The second-order valence-corrected chi connectivity index (χ2v) is 7.30. The molecule has 0 N–H and O–H groups in total. The van der Waals surface area contributed by atoms with Gasteiger partial charge in [0.15, 0.2) is 0 Å². The number of esters is 1. The fourth-order valence-electron chi connectivity index (χ4n) is 2.84. The number of hydrogen-bond acceptors (Lipinski definition) is 6. The zero-order valence-electron chi connectivity index (χ0n) is 15.6. The summed E-state index contributed by atoms with van der Waals surface area (Å²) in [6.45, 7) is 4.45. The van der Waals surface area contributed by atoms with Crippen molar-refractivity contribution in [3.63, 3.8) is 0 Å². The quantitative estimate of drug-likeness (QED) is 0.304. The van der Waals surface area contributed by atoms with Crippen molar-refractivity contribution in [3.8, 4) is 0 Å². The van der Waals surface area contributed by atoms with Crippen LogP contribution in [0.5, 0.6) is 0 Å². The predicted molar refractivity (Wildman–Crippen MR) is 97.8 cm³/mol. The maximum atomic E-state index is 12.9. The third kappa shape index (κ3) is 6.06. The van der Waals surface area contributed by atoms with Gasteiger partial charge in [-0.15, -0.1) is 0 Å². The van der Waals surface area contributed by atoms with Crippen LogP contribution in [0.2, 0.25) is 0 Å². The van der Waals surface area contributed by atoms with Crippen LogP contribution in [0, 0.1) is 16.0 Å². The van der Waals surface area contributed by atoms with Crippen molar-refractivity contribution in [2.75, 3.05) is 6.54 Å². The first kappa shape index (κ1) is 20.4. The summed E-state index contributed by atoms with van der Waals surface area (Å²) in [6.07, 6.45) is 1.55. The van der Waals surface area contributed by atoms with E-state index in [2.05, 4.69) is 0 Å². The molecule has 7 heteroatoms. The Bertz CT molecular complexity index is 777. The first-order valence-corrected chi connectivity index (χ1v) is 8.63. The zero-order valence-corrected chi connectivity index (χ0v) is 15.6. The molecule has 144 valence electrons. The molecular weight excluding hydrogens is 350 g/mol. The lowest BCUT2D eigenvalue weighted by Gasteiger charge is -2.24. The number of benzene rings is 1. The molecule has 0 bridgehead atoms. The first-order chi connectivity index (χ1) is 12.7. The Hall–Kier alpha value is -2.96. The lowest BCUT2D eigenvalue weighted by Crippen LogP contribution is -2.37. The minimum absolute atomic E-state index is 0.165. The lowest BCUT2D eigenvalue weighted by molar-refractivity contribution is -0.484. The Kier molecular flexibility index (Phi) is 6.50. The van der Waals surface area contributed by atoms with Gasteiger partial charge in [0.1, 0.15) is 11.4 Å². The van der Waals surface area contributed by atoms with Gasteiger partial charge in [-0.1, -0.05) is 30.3 Å². The van der Waals surface area contributed by atoms with Crippen LogP contribution in [0.3, 0.4) is 0 Å². The van der Waals surface area contributed by atoms with Crippen molar-refractivity contribution in [1.29, 1.82) is 0 Å². The summed E-state index contributed by atoms with van der Waals surface area (Å²) in [4.78, 5) is 36.0. The van der Waals surface area contributed by atoms with Crippen LogP contribution in [0.1, 0.15) is 38.0 Å². The van der Waals surface area contributed by atoms with Gasteiger partial charge in [-0.05, 0) is 44.9 Å². The molecule has 1 aromatic heterocycles. The average molecular weight is 373 g/mol. The fraction of sp³-hybridized carbons (Fsp3) is 0.400. The zero-order chi connectivity index (χ0) is 20.0. The van der Waals surface area contributed by atoms with E-state index in [1.165, 1.54) is 6.26 Å². The monoisotopic (exact) mass is 373 g/mol. The summed E-state index contributed by atoms with van der Waals surface area (Å²) in [7, 11) is 0. The molecule has 0 spiro atoms. The van der Waals surface area contributed by atoms with Gasteiger partial charge in [0.05, 0.1) is 12.2 Å².